The van der Waals surface area contributed by atoms with Crippen LogP contribution in [-0.4, -0.2) is 114 Å². The standard InChI is InChI=1S/C40H61N5O7/c1-28(2)22-33(37(48)40(5,51)27-46)43-39(50)35(24-31-14-10-7-11-15-31)44-38(49)34(23-29(3)4)41-25-32(17-16-30-12-8-6-9-13-30)42-36(47)26-45-18-20-52-21-19-45/h6-15,28-29,32-35,41,46,51H,16-27H2,1-5H3,(H,42,47)(H,43,50)(H,44,49)/t32-,33+,34+,35+,40-/m1/s1. The van der Waals surface area contributed by atoms with Gasteiger partial charge in [0.2, 0.25) is 17.7 Å². The fourth-order valence-corrected chi connectivity index (χ4v) is 6.25. The Bertz CT molecular complexity index is 1380. The predicted octanol–water partition coefficient (Wildman–Crippen LogP) is 2.01. The number of Topliss-reactive ketones (excluding diaryl/α,β-unsaturated/α-hetero) is 1. The van der Waals surface area contributed by atoms with Crippen molar-refractivity contribution in [3.63, 3.8) is 0 Å². The number of hydrogen-bond acceptors (Lipinski definition) is 9. The van der Waals surface area contributed by atoms with Gasteiger partial charge in [-0.25, -0.2) is 0 Å². The molecule has 52 heavy (non-hydrogen) atoms. The highest BCUT2D eigenvalue weighted by molar-refractivity contribution is 5.97. The largest absolute Gasteiger partial charge is 0.393 e. The van der Waals surface area contributed by atoms with Gasteiger partial charge in [0.05, 0.1) is 38.4 Å². The van der Waals surface area contributed by atoms with Gasteiger partial charge < -0.3 is 36.2 Å². The molecule has 0 unspecified atom stereocenters. The number of ketones is 1. The number of ether oxygens (including phenoxy) is 1. The monoisotopic (exact) mass is 723 g/mol. The van der Waals surface area contributed by atoms with Crippen LogP contribution < -0.4 is 21.3 Å². The third-order valence-electron chi connectivity index (χ3n) is 9.19. The summed E-state index contributed by atoms with van der Waals surface area (Å²) in [6, 6.07) is 16.3. The number of hydrogen-bond donors (Lipinski definition) is 6. The molecule has 0 aromatic heterocycles. The van der Waals surface area contributed by atoms with Crippen molar-refractivity contribution in [2.24, 2.45) is 11.8 Å². The van der Waals surface area contributed by atoms with E-state index in [4.69, 9.17) is 4.74 Å². The molecule has 6 N–H and O–H groups in total. The average Bonchev–Trinajstić information content (AvgIpc) is 3.12. The summed E-state index contributed by atoms with van der Waals surface area (Å²) in [5.74, 6) is -1.59. The summed E-state index contributed by atoms with van der Waals surface area (Å²) in [5, 5.41) is 32.5. The summed E-state index contributed by atoms with van der Waals surface area (Å²) in [6.45, 7) is 11.4. The number of benzene rings is 2. The number of nitrogens with zero attached hydrogens (tertiary/aromatic N) is 1. The van der Waals surface area contributed by atoms with Gasteiger partial charge in [-0.2, -0.15) is 0 Å². The van der Waals surface area contributed by atoms with E-state index in [9.17, 15) is 29.4 Å². The minimum Gasteiger partial charge on any atom is -0.393 e. The lowest BCUT2D eigenvalue weighted by molar-refractivity contribution is -0.144. The van der Waals surface area contributed by atoms with E-state index >= 15 is 0 Å². The van der Waals surface area contributed by atoms with E-state index < -0.39 is 42.0 Å². The third-order valence-corrected chi connectivity index (χ3v) is 9.19. The molecule has 5 atom stereocenters. The molecule has 12 nitrogen and oxygen atoms in total. The van der Waals surface area contributed by atoms with Crippen LogP contribution in [-0.2, 0) is 36.8 Å². The van der Waals surface area contributed by atoms with E-state index in [0.29, 0.717) is 45.7 Å². The van der Waals surface area contributed by atoms with Crippen LogP contribution in [0, 0.1) is 11.8 Å². The molecular weight excluding hydrogens is 662 g/mol. The number of amides is 3. The maximum Gasteiger partial charge on any atom is 0.243 e. The van der Waals surface area contributed by atoms with Gasteiger partial charge in [0.1, 0.15) is 11.6 Å². The Morgan fingerprint density at radius 3 is 1.90 bits per heavy atom. The fourth-order valence-electron chi connectivity index (χ4n) is 6.25. The van der Waals surface area contributed by atoms with Crippen LogP contribution in [0.2, 0.25) is 0 Å². The summed E-state index contributed by atoms with van der Waals surface area (Å²) in [5.41, 5.74) is -0.0725. The highest BCUT2D eigenvalue weighted by Crippen LogP contribution is 2.15. The zero-order valence-corrected chi connectivity index (χ0v) is 31.6. The Morgan fingerprint density at radius 1 is 0.788 bits per heavy atom. The predicted molar refractivity (Wildman–Crippen MR) is 201 cm³/mol. The van der Waals surface area contributed by atoms with E-state index in [-0.39, 0.29) is 49.1 Å². The van der Waals surface area contributed by atoms with E-state index in [1.54, 1.807) is 0 Å². The zero-order chi connectivity index (χ0) is 38.1. The van der Waals surface area contributed by atoms with Crippen molar-refractivity contribution >= 4 is 23.5 Å². The normalized spacial score (nSPS) is 17.1. The summed E-state index contributed by atoms with van der Waals surface area (Å²) in [6.07, 6.45) is 2.29. The van der Waals surface area contributed by atoms with E-state index in [2.05, 4.69) is 38.3 Å². The Morgan fingerprint density at radius 2 is 1.33 bits per heavy atom. The van der Waals surface area contributed by atoms with Crippen LogP contribution in [0.15, 0.2) is 60.7 Å². The van der Waals surface area contributed by atoms with Gasteiger partial charge >= 0.3 is 0 Å². The van der Waals surface area contributed by atoms with Crippen molar-refractivity contribution in [1.82, 2.24) is 26.2 Å². The van der Waals surface area contributed by atoms with E-state index in [0.717, 1.165) is 17.5 Å². The van der Waals surface area contributed by atoms with Crippen LogP contribution >= 0.6 is 0 Å². The van der Waals surface area contributed by atoms with Gasteiger partial charge in [-0.15, -0.1) is 0 Å². The first kappa shape index (κ1) is 42.7. The number of aliphatic hydroxyl groups is 2. The first-order valence-electron chi connectivity index (χ1n) is 18.7. The van der Waals surface area contributed by atoms with Crippen LogP contribution in [0.3, 0.4) is 0 Å². The second-order valence-corrected chi connectivity index (χ2v) is 15.0. The minimum absolute atomic E-state index is 0.00488. The summed E-state index contributed by atoms with van der Waals surface area (Å²) in [7, 11) is 0. The van der Waals surface area contributed by atoms with Crippen molar-refractivity contribution in [2.75, 3.05) is 46.0 Å². The van der Waals surface area contributed by atoms with Crippen molar-refractivity contribution in [3.05, 3.63) is 71.8 Å². The molecule has 2 aromatic carbocycles. The van der Waals surface area contributed by atoms with Crippen molar-refractivity contribution in [3.8, 4) is 0 Å². The lowest BCUT2D eigenvalue weighted by Crippen LogP contribution is -2.59. The van der Waals surface area contributed by atoms with Crippen molar-refractivity contribution in [2.45, 2.75) is 96.5 Å². The molecule has 0 saturated carbocycles. The van der Waals surface area contributed by atoms with Crippen LogP contribution in [0.5, 0.6) is 0 Å². The van der Waals surface area contributed by atoms with Gasteiger partial charge in [-0.3, -0.25) is 24.1 Å². The highest BCUT2D eigenvalue weighted by atomic mass is 16.5. The van der Waals surface area contributed by atoms with Gasteiger partial charge in [0.25, 0.3) is 0 Å². The van der Waals surface area contributed by atoms with Crippen molar-refractivity contribution < 1.29 is 34.1 Å². The van der Waals surface area contributed by atoms with Crippen LogP contribution in [0.4, 0.5) is 0 Å². The maximum atomic E-state index is 14.1. The molecule has 0 radical (unpaired) electrons. The molecule has 288 valence electrons. The molecule has 1 heterocycles. The molecule has 3 amide bonds. The summed E-state index contributed by atoms with van der Waals surface area (Å²) >= 11 is 0. The number of morpholine rings is 1. The summed E-state index contributed by atoms with van der Waals surface area (Å²) in [4.78, 5) is 56.4. The minimum atomic E-state index is -2.04. The molecule has 2 aromatic rings. The van der Waals surface area contributed by atoms with E-state index in [1.165, 1.54) is 6.92 Å². The quantitative estimate of drug-likeness (QED) is 0.107. The topological polar surface area (TPSA) is 169 Å². The number of nitrogens with one attached hydrogen (secondary N) is 4. The number of carbonyl (C=O) groups is 4. The molecular formula is C40H61N5O7. The molecule has 0 spiro atoms. The third kappa shape index (κ3) is 15.1. The Hall–Kier alpha value is -3.68. The second kappa shape index (κ2) is 21.8. The molecule has 1 fully saturated rings. The average molecular weight is 724 g/mol. The first-order chi connectivity index (χ1) is 24.8. The van der Waals surface area contributed by atoms with Gasteiger partial charge in [0.15, 0.2) is 5.78 Å². The van der Waals surface area contributed by atoms with Crippen molar-refractivity contribution in [1.29, 1.82) is 0 Å². The molecule has 3 rings (SSSR count). The highest BCUT2D eigenvalue weighted by Gasteiger charge is 2.38. The SMILES string of the molecule is CC(C)C[C@H](NC[C@@H](CCc1ccccc1)NC(=O)CN1CCOCC1)C(=O)N[C@@H](Cc1ccccc1)C(=O)N[C@@H](CC(C)C)C(=O)[C@](C)(O)CO. The molecule has 1 aliphatic rings. The molecule has 1 aliphatic heterocycles. The summed E-state index contributed by atoms with van der Waals surface area (Å²) < 4.78 is 5.43. The number of carbonyl (C=O) groups excluding carboxylic acids is 4. The van der Waals surface area contributed by atoms with Gasteiger partial charge in [-0.1, -0.05) is 88.4 Å². The number of rotatable bonds is 22. The second-order valence-electron chi connectivity index (χ2n) is 15.0. The lowest BCUT2D eigenvalue weighted by atomic mass is 9.90. The Kier molecular flexibility index (Phi) is 17.9. The van der Waals surface area contributed by atoms with Crippen LogP contribution in [0.25, 0.3) is 0 Å². The molecule has 1 saturated heterocycles. The molecule has 0 aliphatic carbocycles. The molecule has 0 bridgehead atoms. The zero-order valence-electron chi connectivity index (χ0n) is 31.6. The Balaban J connectivity index is 1.79. The fraction of sp³-hybridized carbons (Fsp3) is 0.600. The van der Waals surface area contributed by atoms with Crippen LogP contribution in [0.1, 0.15) is 65.0 Å². The smallest absolute Gasteiger partial charge is 0.243 e. The Labute approximate surface area is 309 Å². The maximum absolute atomic E-state index is 14.1. The number of aryl methyl sites for hydroxylation is 1. The molecule has 12 heteroatoms. The lowest BCUT2D eigenvalue weighted by Gasteiger charge is -2.30. The van der Waals surface area contributed by atoms with Gasteiger partial charge in [-0.05, 0) is 55.6 Å². The first-order valence-corrected chi connectivity index (χ1v) is 18.7. The van der Waals surface area contributed by atoms with Gasteiger partial charge in [0, 0.05) is 32.1 Å². The number of aliphatic hydroxyl groups excluding tert-OH is 1. The van der Waals surface area contributed by atoms with E-state index in [1.807, 2.05) is 76.2 Å².